The molecular weight excluding hydrogens is 306 g/mol. The molecule has 1 amide bonds. The number of aliphatic hydroxyl groups excluding tert-OH is 1. The van der Waals surface area contributed by atoms with Gasteiger partial charge in [-0.15, -0.1) is 11.8 Å². The van der Waals surface area contributed by atoms with Crippen LogP contribution in [0.4, 0.5) is 0 Å². The SMILES string of the molecule is CC(c1ccccc1)N(C)C(=O)CSCC(O)c1ccccc1. The Morgan fingerprint density at radius 3 is 2.13 bits per heavy atom. The molecule has 3 nitrogen and oxygen atoms in total. The molecule has 2 aromatic rings. The standard InChI is InChI=1S/C19H23NO2S/c1-15(16-9-5-3-6-10-16)20(2)19(22)14-23-13-18(21)17-11-7-4-8-12-17/h3-12,15,18,21H,13-14H2,1-2H3. The van der Waals surface area contributed by atoms with Crippen LogP contribution < -0.4 is 0 Å². The number of hydrogen-bond donors (Lipinski definition) is 1. The summed E-state index contributed by atoms with van der Waals surface area (Å²) in [4.78, 5) is 14.1. The molecule has 0 radical (unpaired) electrons. The van der Waals surface area contributed by atoms with E-state index in [-0.39, 0.29) is 11.9 Å². The van der Waals surface area contributed by atoms with Gasteiger partial charge in [-0.2, -0.15) is 0 Å². The molecule has 23 heavy (non-hydrogen) atoms. The maximum atomic E-state index is 12.3. The van der Waals surface area contributed by atoms with Gasteiger partial charge in [0.25, 0.3) is 0 Å². The van der Waals surface area contributed by atoms with Gasteiger partial charge in [-0.25, -0.2) is 0 Å². The zero-order valence-corrected chi connectivity index (χ0v) is 14.4. The predicted octanol–water partition coefficient (Wildman–Crippen LogP) is 3.67. The zero-order chi connectivity index (χ0) is 16.7. The molecule has 4 heteroatoms. The molecule has 0 fully saturated rings. The monoisotopic (exact) mass is 329 g/mol. The molecule has 0 aliphatic heterocycles. The van der Waals surface area contributed by atoms with E-state index < -0.39 is 6.10 Å². The Balaban J connectivity index is 1.80. The fraction of sp³-hybridized carbons (Fsp3) is 0.316. The first kappa shape index (κ1) is 17.6. The summed E-state index contributed by atoms with van der Waals surface area (Å²) in [7, 11) is 1.83. The van der Waals surface area contributed by atoms with Crippen molar-refractivity contribution in [1.29, 1.82) is 0 Å². The highest BCUT2D eigenvalue weighted by Gasteiger charge is 2.17. The number of aliphatic hydroxyl groups is 1. The Bertz CT molecular complexity index is 603. The summed E-state index contributed by atoms with van der Waals surface area (Å²) in [5.74, 6) is 0.965. The smallest absolute Gasteiger partial charge is 0.232 e. The number of rotatable bonds is 7. The minimum Gasteiger partial charge on any atom is -0.388 e. The molecular formula is C19H23NO2S. The van der Waals surface area contributed by atoms with Crippen molar-refractivity contribution < 1.29 is 9.90 Å². The Hall–Kier alpha value is -1.78. The van der Waals surface area contributed by atoms with E-state index in [0.717, 1.165) is 11.1 Å². The van der Waals surface area contributed by atoms with Crippen LogP contribution in [0.1, 0.15) is 30.2 Å². The summed E-state index contributed by atoms with van der Waals surface area (Å²) in [6.07, 6.45) is -0.536. The number of thioether (sulfide) groups is 1. The van der Waals surface area contributed by atoms with Gasteiger partial charge in [-0.1, -0.05) is 60.7 Å². The Kier molecular flexibility index (Phi) is 6.68. The summed E-state index contributed by atoms with van der Waals surface area (Å²) in [5.41, 5.74) is 2.01. The van der Waals surface area contributed by atoms with E-state index in [2.05, 4.69) is 0 Å². The van der Waals surface area contributed by atoms with Crippen LogP contribution in [0.15, 0.2) is 60.7 Å². The van der Waals surface area contributed by atoms with Crippen molar-refractivity contribution in [3.05, 3.63) is 71.8 Å². The summed E-state index contributed by atoms with van der Waals surface area (Å²) in [6.45, 7) is 2.02. The lowest BCUT2D eigenvalue weighted by atomic mass is 10.1. The van der Waals surface area contributed by atoms with E-state index in [0.29, 0.717) is 11.5 Å². The van der Waals surface area contributed by atoms with E-state index in [4.69, 9.17) is 0 Å². The Morgan fingerprint density at radius 1 is 1.04 bits per heavy atom. The summed E-state index contributed by atoms with van der Waals surface area (Å²) in [6, 6.07) is 19.6. The average molecular weight is 329 g/mol. The highest BCUT2D eigenvalue weighted by atomic mass is 32.2. The molecule has 0 saturated heterocycles. The maximum Gasteiger partial charge on any atom is 0.232 e. The van der Waals surface area contributed by atoms with Gasteiger partial charge in [0, 0.05) is 12.8 Å². The lowest BCUT2D eigenvalue weighted by Crippen LogP contribution is -2.31. The van der Waals surface area contributed by atoms with Crippen LogP contribution in [0, 0.1) is 0 Å². The Morgan fingerprint density at radius 2 is 1.57 bits per heavy atom. The normalized spacial score (nSPS) is 13.3. The molecule has 0 heterocycles. The molecule has 0 saturated carbocycles. The van der Waals surface area contributed by atoms with Crippen LogP contribution in [-0.2, 0) is 4.79 Å². The topological polar surface area (TPSA) is 40.5 Å². The number of hydrogen-bond acceptors (Lipinski definition) is 3. The van der Waals surface area contributed by atoms with Gasteiger partial charge in [0.05, 0.1) is 17.9 Å². The first-order valence-electron chi connectivity index (χ1n) is 7.71. The molecule has 0 aliphatic carbocycles. The van der Waals surface area contributed by atoms with Gasteiger partial charge < -0.3 is 10.0 Å². The van der Waals surface area contributed by atoms with Crippen molar-refractivity contribution >= 4 is 17.7 Å². The maximum absolute atomic E-state index is 12.3. The highest BCUT2D eigenvalue weighted by Crippen LogP contribution is 2.21. The molecule has 2 rings (SSSR count). The molecule has 2 aromatic carbocycles. The van der Waals surface area contributed by atoms with Crippen LogP contribution in [0.25, 0.3) is 0 Å². The van der Waals surface area contributed by atoms with Crippen molar-refractivity contribution in [2.24, 2.45) is 0 Å². The molecule has 1 N–H and O–H groups in total. The van der Waals surface area contributed by atoms with Crippen LogP contribution >= 0.6 is 11.8 Å². The molecule has 0 bridgehead atoms. The number of carbonyl (C=O) groups excluding carboxylic acids is 1. The average Bonchev–Trinajstić information content (AvgIpc) is 2.61. The summed E-state index contributed by atoms with van der Waals surface area (Å²) < 4.78 is 0. The van der Waals surface area contributed by atoms with Gasteiger partial charge in [0.2, 0.25) is 5.91 Å². The molecule has 2 atom stereocenters. The second kappa shape index (κ2) is 8.75. The first-order valence-corrected chi connectivity index (χ1v) is 8.86. The number of amides is 1. The fourth-order valence-corrected chi connectivity index (χ4v) is 3.21. The minimum absolute atomic E-state index is 0.0448. The molecule has 122 valence electrons. The predicted molar refractivity (Wildman–Crippen MR) is 96.4 cm³/mol. The second-order valence-electron chi connectivity index (χ2n) is 5.53. The summed E-state index contributed by atoms with van der Waals surface area (Å²) in [5, 5.41) is 10.1. The molecule has 0 aromatic heterocycles. The van der Waals surface area contributed by atoms with Gasteiger partial charge in [0.1, 0.15) is 0 Å². The quantitative estimate of drug-likeness (QED) is 0.842. The minimum atomic E-state index is -0.536. The van der Waals surface area contributed by atoms with Gasteiger partial charge in [-0.3, -0.25) is 4.79 Å². The molecule has 0 aliphatic rings. The van der Waals surface area contributed by atoms with Crippen molar-refractivity contribution in [1.82, 2.24) is 4.90 Å². The summed E-state index contributed by atoms with van der Waals surface area (Å²) >= 11 is 1.46. The van der Waals surface area contributed by atoms with Crippen molar-refractivity contribution in [2.75, 3.05) is 18.6 Å². The third kappa shape index (κ3) is 5.12. The first-order chi connectivity index (χ1) is 11.1. The van der Waals surface area contributed by atoms with Crippen LogP contribution in [-0.4, -0.2) is 34.5 Å². The largest absolute Gasteiger partial charge is 0.388 e. The lowest BCUT2D eigenvalue weighted by molar-refractivity contribution is -0.128. The van der Waals surface area contributed by atoms with Gasteiger partial charge in [0.15, 0.2) is 0 Å². The van der Waals surface area contributed by atoms with E-state index in [1.165, 1.54) is 11.8 Å². The van der Waals surface area contributed by atoms with Crippen LogP contribution in [0.5, 0.6) is 0 Å². The number of nitrogens with zero attached hydrogens (tertiary/aromatic N) is 1. The number of carbonyl (C=O) groups is 1. The van der Waals surface area contributed by atoms with E-state index >= 15 is 0 Å². The third-order valence-corrected chi connectivity index (χ3v) is 4.94. The van der Waals surface area contributed by atoms with Crippen LogP contribution in [0.3, 0.4) is 0 Å². The van der Waals surface area contributed by atoms with E-state index in [9.17, 15) is 9.90 Å². The highest BCUT2D eigenvalue weighted by molar-refractivity contribution is 7.99. The second-order valence-corrected chi connectivity index (χ2v) is 6.56. The van der Waals surface area contributed by atoms with Crippen molar-refractivity contribution in [3.8, 4) is 0 Å². The molecule has 0 spiro atoms. The van der Waals surface area contributed by atoms with Gasteiger partial charge >= 0.3 is 0 Å². The fourth-order valence-electron chi connectivity index (χ4n) is 2.30. The zero-order valence-electron chi connectivity index (χ0n) is 13.6. The van der Waals surface area contributed by atoms with Crippen molar-refractivity contribution in [3.63, 3.8) is 0 Å². The van der Waals surface area contributed by atoms with E-state index in [1.807, 2.05) is 74.6 Å². The van der Waals surface area contributed by atoms with Crippen molar-refractivity contribution in [2.45, 2.75) is 19.1 Å². The van der Waals surface area contributed by atoms with E-state index in [1.54, 1.807) is 4.90 Å². The van der Waals surface area contributed by atoms with Gasteiger partial charge in [-0.05, 0) is 18.1 Å². The Labute approximate surface area is 142 Å². The lowest BCUT2D eigenvalue weighted by Gasteiger charge is -2.25. The van der Waals surface area contributed by atoms with Crippen LogP contribution in [0.2, 0.25) is 0 Å². The molecule has 2 unspecified atom stereocenters. The third-order valence-electron chi connectivity index (χ3n) is 3.94. The number of benzene rings is 2.